The lowest BCUT2D eigenvalue weighted by Crippen LogP contribution is -2.23. The first-order valence-corrected chi connectivity index (χ1v) is 7.25. The van der Waals surface area contributed by atoms with Gasteiger partial charge in [-0.1, -0.05) is 43.5 Å². The SMILES string of the molecule is CCNCC(OCCC1CC1)c1cccc(Cl)c1. The van der Waals surface area contributed by atoms with Gasteiger partial charge in [0.2, 0.25) is 0 Å². The molecule has 0 radical (unpaired) electrons. The number of hydrogen-bond donors (Lipinski definition) is 1. The Morgan fingerprint density at radius 2 is 2.28 bits per heavy atom. The van der Waals surface area contributed by atoms with Crippen LogP contribution < -0.4 is 5.32 Å². The lowest BCUT2D eigenvalue weighted by molar-refractivity contribution is 0.0489. The van der Waals surface area contributed by atoms with E-state index in [1.807, 2.05) is 18.2 Å². The number of rotatable bonds is 8. The Bertz CT molecular complexity index is 365. The maximum atomic E-state index is 6.04. The maximum Gasteiger partial charge on any atom is 0.0949 e. The van der Waals surface area contributed by atoms with Crippen molar-refractivity contribution in [2.45, 2.75) is 32.3 Å². The van der Waals surface area contributed by atoms with Gasteiger partial charge >= 0.3 is 0 Å². The minimum Gasteiger partial charge on any atom is -0.372 e. The molecule has 18 heavy (non-hydrogen) atoms. The summed E-state index contributed by atoms with van der Waals surface area (Å²) in [6.07, 6.45) is 4.09. The van der Waals surface area contributed by atoms with E-state index in [9.17, 15) is 0 Å². The van der Waals surface area contributed by atoms with Crippen molar-refractivity contribution in [1.29, 1.82) is 0 Å². The van der Waals surface area contributed by atoms with Gasteiger partial charge in [0.25, 0.3) is 0 Å². The van der Waals surface area contributed by atoms with Crippen molar-refractivity contribution in [2.75, 3.05) is 19.7 Å². The van der Waals surface area contributed by atoms with Crippen LogP contribution in [0.5, 0.6) is 0 Å². The summed E-state index contributed by atoms with van der Waals surface area (Å²) in [5.74, 6) is 0.921. The summed E-state index contributed by atoms with van der Waals surface area (Å²) in [6, 6.07) is 7.98. The number of nitrogens with one attached hydrogen (secondary N) is 1. The van der Waals surface area contributed by atoms with Crippen LogP contribution in [0.15, 0.2) is 24.3 Å². The molecule has 1 N–H and O–H groups in total. The molecule has 2 rings (SSSR count). The zero-order valence-corrected chi connectivity index (χ0v) is 11.7. The second-order valence-electron chi connectivity index (χ2n) is 4.95. The van der Waals surface area contributed by atoms with Crippen LogP contribution in [0.2, 0.25) is 5.02 Å². The van der Waals surface area contributed by atoms with Crippen molar-refractivity contribution >= 4 is 11.6 Å². The maximum absolute atomic E-state index is 6.04. The van der Waals surface area contributed by atoms with E-state index >= 15 is 0 Å². The van der Waals surface area contributed by atoms with Crippen LogP contribution in [0.25, 0.3) is 0 Å². The summed E-state index contributed by atoms with van der Waals surface area (Å²) < 4.78 is 6.01. The van der Waals surface area contributed by atoms with Crippen LogP contribution in [0, 0.1) is 5.92 Å². The van der Waals surface area contributed by atoms with Crippen LogP contribution >= 0.6 is 11.6 Å². The molecule has 0 bridgehead atoms. The van der Waals surface area contributed by atoms with Gasteiger partial charge in [-0.05, 0) is 36.6 Å². The van der Waals surface area contributed by atoms with Gasteiger partial charge in [0.1, 0.15) is 0 Å². The number of hydrogen-bond acceptors (Lipinski definition) is 2. The zero-order valence-electron chi connectivity index (χ0n) is 11.0. The molecule has 0 heterocycles. The minimum absolute atomic E-state index is 0.113. The molecule has 1 atom stereocenters. The molecule has 0 aromatic heterocycles. The third-order valence-corrected chi connectivity index (χ3v) is 3.58. The molecule has 1 aromatic rings. The van der Waals surface area contributed by atoms with E-state index < -0.39 is 0 Å². The van der Waals surface area contributed by atoms with Gasteiger partial charge in [-0.15, -0.1) is 0 Å². The van der Waals surface area contributed by atoms with Gasteiger partial charge in [-0.25, -0.2) is 0 Å². The first-order chi connectivity index (χ1) is 8.79. The highest BCUT2D eigenvalue weighted by Crippen LogP contribution is 2.32. The van der Waals surface area contributed by atoms with Gasteiger partial charge < -0.3 is 10.1 Å². The van der Waals surface area contributed by atoms with Crippen LogP contribution in [0.3, 0.4) is 0 Å². The van der Waals surface area contributed by atoms with Gasteiger partial charge in [-0.3, -0.25) is 0 Å². The van der Waals surface area contributed by atoms with E-state index in [0.717, 1.165) is 30.6 Å². The number of benzene rings is 1. The van der Waals surface area contributed by atoms with E-state index in [-0.39, 0.29) is 6.10 Å². The van der Waals surface area contributed by atoms with Crippen LogP contribution in [0.1, 0.15) is 37.9 Å². The molecule has 0 saturated heterocycles. The van der Waals surface area contributed by atoms with E-state index in [4.69, 9.17) is 16.3 Å². The second kappa shape index (κ2) is 7.13. The molecule has 1 saturated carbocycles. The van der Waals surface area contributed by atoms with Crippen molar-refractivity contribution in [3.8, 4) is 0 Å². The topological polar surface area (TPSA) is 21.3 Å². The monoisotopic (exact) mass is 267 g/mol. The number of ether oxygens (including phenoxy) is 1. The summed E-state index contributed by atoms with van der Waals surface area (Å²) in [5.41, 5.74) is 1.17. The van der Waals surface area contributed by atoms with E-state index in [1.54, 1.807) is 0 Å². The molecular formula is C15H22ClNO. The summed E-state index contributed by atoms with van der Waals surface area (Å²) in [7, 11) is 0. The highest BCUT2D eigenvalue weighted by atomic mass is 35.5. The normalized spacial score (nSPS) is 16.8. The molecule has 1 aliphatic carbocycles. The fourth-order valence-corrected chi connectivity index (χ4v) is 2.24. The van der Waals surface area contributed by atoms with Crippen LogP contribution in [-0.4, -0.2) is 19.7 Å². The van der Waals surface area contributed by atoms with Crippen molar-refractivity contribution in [3.05, 3.63) is 34.9 Å². The van der Waals surface area contributed by atoms with Gasteiger partial charge in [0.05, 0.1) is 6.10 Å². The fourth-order valence-electron chi connectivity index (χ4n) is 2.04. The Hall–Kier alpha value is -0.570. The summed E-state index contributed by atoms with van der Waals surface area (Å²) in [6.45, 7) is 4.77. The van der Waals surface area contributed by atoms with Gasteiger partial charge in [0.15, 0.2) is 0 Å². The van der Waals surface area contributed by atoms with Gasteiger partial charge in [0, 0.05) is 18.2 Å². The van der Waals surface area contributed by atoms with Crippen LogP contribution in [-0.2, 0) is 4.74 Å². The largest absolute Gasteiger partial charge is 0.372 e. The molecule has 1 fully saturated rings. The smallest absolute Gasteiger partial charge is 0.0949 e. The van der Waals surface area contributed by atoms with E-state index in [0.29, 0.717) is 0 Å². The highest BCUT2D eigenvalue weighted by Gasteiger charge is 2.21. The first-order valence-electron chi connectivity index (χ1n) is 6.87. The third kappa shape index (κ3) is 4.60. The Morgan fingerprint density at radius 3 is 2.94 bits per heavy atom. The summed E-state index contributed by atoms with van der Waals surface area (Å²) in [5, 5.41) is 4.13. The number of halogens is 1. The quantitative estimate of drug-likeness (QED) is 0.773. The molecular weight excluding hydrogens is 246 g/mol. The summed E-state index contributed by atoms with van der Waals surface area (Å²) >= 11 is 6.04. The highest BCUT2D eigenvalue weighted by molar-refractivity contribution is 6.30. The molecule has 100 valence electrons. The van der Waals surface area contributed by atoms with Crippen molar-refractivity contribution in [1.82, 2.24) is 5.32 Å². The predicted octanol–water partition coefficient (Wildman–Crippen LogP) is 3.81. The van der Waals surface area contributed by atoms with E-state index in [2.05, 4.69) is 18.3 Å². The molecule has 1 unspecified atom stereocenters. The fraction of sp³-hybridized carbons (Fsp3) is 0.600. The zero-order chi connectivity index (χ0) is 12.8. The number of likely N-dealkylation sites (N-methyl/N-ethyl adjacent to an activating group) is 1. The average molecular weight is 268 g/mol. The molecule has 1 aromatic carbocycles. The van der Waals surface area contributed by atoms with Gasteiger partial charge in [-0.2, -0.15) is 0 Å². The first kappa shape index (κ1) is 13.9. The molecule has 0 aliphatic heterocycles. The van der Waals surface area contributed by atoms with Crippen molar-refractivity contribution in [3.63, 3.8) is 0 Å². The molecule has 3 heteroatoms. The Labute approximate surface area is 115 Å². The Morgan fingerprint density at radius 1 is 1.44 bits per heavy atom. The van der Waals surface area contributed by atoms with Crippen molar-refractivity contribution in [2.24, 2.45) is 5.92 Å². The lowest BCUT2D eigenvalue weighted by Gasteiger charge is -2.19. The van der Waals surface area contributed by atoms with Crippen molar-refractivity contribution < 1.29 is 4.74 Å². The second-order valence-corrected chi connectivity index (χ2v) is 5.39. The predicted molar refractivity (Wildman–Crippen MR) is 76.0 cm³/mol. The van der Waals surface area contributed by atoms with Crippen LogP contribution in [0.4, 0.5) is 0 Å². The molecule has 0 spiro atoms. The Balaban J connectivity index is 1.89. The minimum atomic E-state index is 0.113. The lowest BCUT2D eigenvalue weighted by atomic mass is 10.1. The summed E-state index contributed by atoms with van der Waals surface area (Å²) in [4.78, 5) is 0. The molecule has 2 nitrogen and oxygen atoms in total. The Kier molecular flexibility index (Phi) is 5.48. The van der Waals surface area contributed by atoms with E-state index in [1.165, 1.54) is 24.8 Å². The molecule has 1 aliphatic rings. The standard InChI is InChI=1S/C15H22ClNO/c1-2-17-11-15(18-9-8-12-6-7-12)13-4-3-5-14(16)10-13/h3-5,10,12,15,17H,2,6-9,11H2,1H3. The third-order valence-electron chi connectivity index (χ3n) is 3.34. The average Bonchev–Trinajstić information content (AvgIpc) is 3.17. The molecule has 0 amide bonds.